The zero-order chi connectivity index (χ0) is 18.4. The first-order valence-corrected chi connectivity index (χ1v) is 7.65. The molecule has 0 radical (unpaired) electrons. The van der Waals surface area contributed by atoms with E-state index in [0.717, 1.165) is 27.9 Å². The lowest BCUT2D eigenvalue weighted by Crippen LogP contribution is -2.22. The van der Waals surface area contributed by atoms with Gasteiger partial charge in [-0.3, -0.25) is 9.59 Å². The molecule has 0 spiro atoms. The van der Waals surface area contributed by atoms with E-state index in [1.54, 1.807) is 0 Å². The van der Waals surface area contributed by atoms with Crippen LogP contribution in [0.5, 0.6) is 0 Å². The van der Waals surface area contributed by atoms with E-state index in [1.165, 1.54) is 12.3 Å². The molecule has 1 amide bonds. The van der Waals surface area contributed by atoms with E-state index in [2.05, 4.69) is 4.98 Å². The van der Waals surface area contributed by atoms with Crippen LogP contribution in [0.3, 0.4) is 0 Å². The fourth-order valence-corrected chi connectivity index (χ4v) is 3.55. The second kappa shape index (κ2) is 5.96. The zero-order valence-corrected chi connectivity index (χ0v) is 13.1. The van der Waals surface area contributed by atoms with E-state index in [0.29, 0.717) is 6.07 Å². The van der Waals surface area contributed by atoms with Gasteiger partial charge in [0.15, 0.2) is 4.96 Å². The number of rotatable bonds is 3. The second-order valence-corrected chi connectivity index (χ2v) is 6.15. The Morgan fingerprint density at radius 2 is 2.00 bits per heavy atom. The van der Waals surface area contributed by atoms with Gasteiger partial charge in [0.25, 0.3) is 11.5 Å². The molecular weight excluding hydrogens is 362 g/mol. The standard InChI is InChI=1S/C15H9F4N3O2S/c16-11-7(2-1-3-8(11)15(17,18)19)6-9-12(13(20)24)22-10(23)4-5-21-14(22)25-9/h1-5H,6H2,(H2,20,24). The molecular formula is C15H9F4N3O2S. The van der Waals surface area contributed by atoms with E-state index in [4.69, 9.17) is 5.73 Å². The van der Waals surface area contributed by atoms with Crippen molar-refractivity contribution < 1.29 is 22.4 Å². The Morgan fingerprint density at radius 3 is 2.64 bits per heavy atom. The van der Waals surface area contributed by atoms with Crippen LogP contribution in [0.25, 0.3) is 4.96 Å². The molecule has 5 nitrogen and oxygen atoms in total. The number of aromatic nitrogens is 2. The minimum Gasteiger partial charge on any atom is -0.364 e. The number of thiazole rings is 1. The summed E-state index contributed by atoms with van der Waals surface area (Å²) < 4.78 is 53.7. The number of amides is 1. The lowest BCUT2D eigenvalue weighted by molar-refractivity contribution is -0.140. The van der Waals surface area contributed by atoms with Crippen LogP contribution in [-0.2, 0) is 12.6 Å². The van der Waals surface area contributed by atoms with Crippen molar-refractivity contribution in [2.45, 2.75) is 12.6 Å². The van der Waals surface area contributed by atoms with Gasteiger partial charge in [-0.15, -0.1) is 11.3 Å². The summed E-state index contributed by atoms with van der Waals surface area (Å²) in [7, 11) is 0. The molecule has 0 unspecified atom stereocenters. The van der Waals surface area contributed by atoms with Crippen molar-refractivity contribution in [3.05, 3.63) is 68.3 Å². The molecule has 0 saturated heterocycles. The first-order valence-electron chi connectivity index (χ1n) is 6.84. The van der Waals surface area contributed by atoms with E-state index in [1.807, 2.05) is 0 Å². The largest absolute Gasteiger partial charge is 0.419 e. The molecule has 0 aliphatic heterocycles. The van der Waals surface area contributed by atoms with Crippen LogP contribution < -0.4 is 11.3 Å². The first-order chi connectivity index (χ1) is 11.7. The van der Waals surface area contributed by atoms with Crippen molar-refractivity contribution in [1.82, 2.24) is 9.38 Å². The summed E-state index contributed by atoms with van der Waals surface area (Å²) in [6.07, 6.45) is -3.94. The molecule has 0 fully saturated rings. The average Bonchev–Trinajstić information content (AvgIpc) is 2.88. The summed E-state index contributed by atoms with van der Waals surface area (Å²) in [6, 6.07) is 3.99. The van der Waals surface area contributed by atoms with Crippen molar-refractivity contribution >= 4 is 22.2 Å². The molecule has 3 rings (SSSR count). The lowest BCUT2D eigenvalue weighted by atomic mass is 10.0. The van der Waals surface area contributed by atoms with E-state index < -0.39 is 29.0 Å². The Balaban J connectivity index is 2.17. The van der Waals surface area contributed by atoms with Crippen molar-refractivity contribution in [1.29, 1.82) is 0 Å². The summed E-state index contributed by atoms with van der Waals surface area (Å²) in [5, 5.41) is 0. The fourth-order valence-electron chi connectivity index (χ4n) is 2.43. The third kappa shape index (κ3) is 3.00. The lowest BCUT2D eigenvalue weighted by Gasteiger charge is -2.11. The van der Waals surface area contributed by atoms with Gasteiger partial charge in [-0.2, -0.15) is 13.2 Å². The van der Waals surface area contributed by atoms with Crippen LogP contribution in [0, 0.1) is 5.82 Å². The number of fused-ring (bicyclic) bond motifs is 1. The molecule has 1 aromatic carbocycles. The van der Waals surface area contributed by atoms with Gasteiger partial charge in [-0.05, 0) is 11.6 Å². The van der Waals surface area contributed by atoms with Crippen LogP contribution >= 0.6 is 11.3 Å². The molecule has 0 aliphatic rings. The molecule has 2 heterocycles. The smallest absolute Gasteiger partial charge is 0.364 e. The molecule has 2 N–H and O–H groups in total. The number of hydrogen-bond acceptors (Lipinski definition) is 4. The minimum absolute atomic E-state index is 0.142. The van der Waals surface area contributed by atoms with Crippen molar-refractivity contribution in [3.8, 4) is 0 Å². The quantitative estimate of drug-likeness (QED) is 0.719. The van der Waals surface area contributed by atoms with Gasteiger partial charge in [0.2, 0.25) is 0 Å². The summed E-state index contributed by atoms with van der Waals surface area (Å²) in [5.74, 6) is -2.38. The van der Waals surface area contributed by atoms with Gasteiger partial charge in [-0.25, -0.2) is 13.8 Å². The molecule has 0 saturated carbocycles. The Kier molecular flexibility index (Phi) is 4.07. The van der Waals surface area contributed by atoms with E-state index in [-0.39, 0.29) is 27.5 Å². The highest BCUT2D eigenvalue weighted by Gasteiger charge is 2.35. The van der Waals surface area contributed by atoms with Gasteiger partial charge in [-0.1, -0.05) is 12.1 Å². The van der Waals surface area contributed by atoms with Crippen molar-refractivity contribution in [2.24, 2.45) is 5.73 Å². The number of primary amides is 1. The molecule has 0 aliphatic carbocycles. The summed E-state index contributed by atoms with van der Waals surface area (Å²) in [5.41, 5.74) is 2.85. The van der Waals surface area contributed by atoms with Crippen molar-refractivity contribution in [3.63, 3.8) is 0 Å². The van der Waals surface area contributed by atoms with Crippen molar-refractivity contribution in [2.75, 3.05) is 0 Å². The van der Waals surface area contributed by atoms with Crippen LogP contribution in [0.15, 0.2) is 35.3 Å². The van der Waals surface area contributed by atoms with Gasteiger partial charge in [0.05, 0.1) is 5.56 Å². The maximum atomic E-state index is 14.2. The topological polar surface area (TPSA) is 77.5 Å². The van der Waals surface area contributed by atoms with Crippen LogP contribution in [0.4, 0.5) is 17.6 Å². The van der Waals surface area contributed by atoms with Crippen LogP contribution in [-0.4, -0.2) is 15.3 Å². The third-order valence-corrected chi connectivity index (χ3v) is 4.54. The average molecular weight is 371 g/mol. The number of alkyl halides is 3. The van der Waals surface area contributed by atoms with E-state index >= 15 is 0 Å². The first kappa shape index (κ1) is 17.1. The fraction of sp³-hybridized carbons (Fsp3) is 0.133. The maximum Gasteiger partial charge on any atom is 0.419 e. The molecule has 3 aromatic rings. The zero-order valence-electron chi connectivity index (χ0n) is 12.3. The third-order valence-electron chi connectivity index (χ3n) is 3.48. The molecule has 25 heavy (non-hydrogen) atoms. The minimum atomic E-state index is -4.84. The number of carbonyl (C=O) groups excluding carboxylic acids is 1. The monoisotopic (exact) mass is 371 g/mol. The van der Waals surface area contributed by atoms with Crippen LogP contribution in [0.2, 0.25) is 0 Å². The predicted molar refractivity (Wildman–Crippen MR) is 82.1 cm³/mol. The number of nitrogens with two attached hydrogens (primary N) is 1. The molecule has 2 aromatic heterocycles. The summed E-state index contributed by atoms with van der Waals surface area (Å²) >= 11 is 0.886. The van der Waals surface area contributed by atoms with Crippen LogP contribution in [0.1, 0.15) is 26.5 Å². The highest BCUT2D eigenvalue weighted by atomic mass is 32.1. The number of benzene rings is 1. The van der Waals surface area contributed by atoms with Gasteiger partial charge in [0.1, 0.15) is 11.5 Å². The van der Waals surface area contributed by atoms with Gasteiger partial charge in [0, 0.05) is 23.6 Å². The molecule has 10 heteroatoms. The Morgan fingerprint density at radius 1 is 1.28 bits per heavy atom. The number of nitrogens with zero attached hydrogens (tertiary/aromatic N) is 2. The molecule has 0 bridgehead atoms. The Labute approximate surface area is 141 Å². The summed E-state index contributed by atoms with van der Waals surface area (Å²) in [4.78, 5) is 27.9. The number of hydrogen-bond donors (Lipinski definition) is 1. The maximum absolute atomic E-state index is 14.2. The Bertz CT molecular complexity index is 1040. The predicted octanol–water partition coefficient (Wildman–Crippen LogP) is 2.60. The van der Waals surface area contributed by atoms with Gasteiger partial charge < -0.3 is 5.73 Å². The van der Waals surface area contributed by atoms with E-state index in [9.17, 15) is 27.2 Å². The SMILES string of the molecule is NC(=O)c1c(Cc2cccc(C(F)(F)F)c2F)sc2nccc(=O)n12. The van der Waals surface area contributed by atoms with Gasteiger partial charge >= 0.3 is 6.18 Å². The summed E-state index contributed by atoms with van der Waals surface area (Å²) in [6.45, 7) is 0. The highest BCUT2D eigenvalue weighted by molar-refractivity contribution is 7.17. The molecule has 130 valence electrons. The Hall–Kier alpha value is -2.75. The second-order valence-electron chi connectivity index (χ2n) is 5.09. The number of halogens is 4. The number of carbonyl (C=O) groups is 1. The highest BCUT2D eigenvalue weighted by Crippen LogP contribution is 2.33. The molecule has 0 atom stereocenters. The normalized spacial score (nSPS) is 11.8.